The lowest BCUT2D eigenvalue weighted by Gasteiger charge is -2.14. The topological polar surface area (TPSA) is 113 Å². The summed E-state index contributed by atoms with van der Waals surface area (Å²) in [7, 11) is 1.38. The highest BCUT2D eigenvalue weighted by Crippen LogP contribution is 2.26. The summed E-state index contributed by atoms with van der Waals surface area (Å²) in [6.45, 7) is 6.13. The first-order chi connectivity index (χ1) is 10.3. The standard InChI is InChI=1S/C11H13N3O4.C3H6O/c1-3-4-5-7-6-8(18-12-7)14-10(16)9(15)13(2)11(14)17;1-3(2)4/h6,9-10,15-16H,5H2,1-2H3;4H,1H2,2H3/p-1. The Hall–Kier alpha value is -2.50. The van der Waals surface area contributed by atoms with Crippen molar-refractivity contribution in [1.82, 2.24) is 10.1 Å². The highest BCUT2D eigenvalue weighted by atomic mass is 16.5. The molecule has 0 bridgehead atoms. The van der Waals surface area contributed by atoms with Crippen LogP contribution in [0.15, 0.2) is 22.9 Å². The van der Waals surface area contributed by atoms with Gasteiger partial charge in [0.05, 0.1) is 12.1 Å². The van der Waals surface area contributed by atoms with Gasteiger partial charge in [0.2, 0.25) is 5.88 Å². The minimum atomic E-state index is -1.37. The van der Waals surface area contributed by atoms with E-state index >= 15 is 0 Å². The van der Waals surface area contributed by atoms with E-state index in [1.54, 1.807) is 6.92 Å². The monoisotopic (exact) mass is 308 g/mol. The number of urea groups is 1. The molecule has 8 nitrogen and oxygen atoms in total. The number of anilines is 1. The van der Waals surface area contributed by atoms with E-state index < -0.39 is 18.5 Å². The van der Waals surface area contributed by atoms with Crippen LogP contribution in [-0.4, -0.2) is 45.8 Å². The lowest BCUT2D eigenvalue weighted by Crippen LogP contribution is -2.36. The van der Waals surface area contributed by atoms with Crippen LogP contribution in [0.3, 0.4) is 0 Å². The first-order valence-corrected chi connectivity index (χ1v) is 6.39. The second-order valence-corrected chi connectivity index (χ2v) is 4.55. The number of hydrogen-bond donors (Lipinski definition) is 2. The lowest BCUT2D eigenvalue weighted by atomic mass is 10.3. The highest BCUT2D eigenvalue weighted by Gasteiger charge is 2.44. The zero-order valence-electron chi connectivity index (χ0n) is 12.6. The maximum Gasteiger partial charge on any atom is 0.331 e. The van der Waals surface area contributed by atoms with Crippen molar-refractivity contribution in [2.75, 3.05) is 11.9 Å². The van der Waals surface area contributed by atoms with Gasteiger partial charge in [0.15, 0.2) is 12.5 Å². The molecule has 1 aliphatic rings. The van der Waals surface area contributed by atoms with Crippen molar-refractivity contribution in [3.8, 4) is 11.8 Å². The Morgan fingerprint density at radius 3 is 2.59 bits per heavy atom. The molecule has 1 aliphatic heterocycles. The number of nitrogens with zero attached hydrogens (tertiary/aromatic N) is 3. The molecule has 2 heterocycles. The molecule has 1 aromatic heterocycles. The second-order valence-electron chi connectivity index (χ2n) is 4.55. The van der Waals surface area contributed by atoms with Crippen LogP contribution in [0.25, 0.3) is 0 Å². The van der Waals surface area contributed by atoms with Crippen molar-refractivity contribution >= 4 is 11.9 Å². The molecule has 2 N–H and O–H groups in total. The van der Waals surface area contributed by atoms with E-state index in [2.05, 4.69) is 23.6 Å². The van der Waals surface area contributed by atoms with Gasteiger partial charge in [0, 0.05) is 13.1 Å². The van der Waals surface area contributed by atoms with Crippen LogP contribution in [-0.2, 0) is 6.42 Å². The van der Waals surface area contributed by atoms with E-state index in [-0.39, 0.29) is 11.6 Å². The van der Waals surface area contributed by atoms with Gasteiger partial charge in [-0.15, -0.1) is 18.3 Å². The van der Waals surface area contributed by atoms with Gasteiger partial charge in [0.25, 0.3) is 0 Å². The Morgan fingerprint density at radius 2 is 2.14 bits per heavy atom. The minimum absolute atomic E-state index is 0.0833. The molecular weight excluding hydrogens is 290 g/mol. The van der Waals surface area contributed by atoms with Gasteiger partial charge < -0.3 is 19.8 Å². The molecular formula is C14H18N3O5-. The van der Waals surface area contributed by atoms with Crippen LogP contribution in [0.4, 0.5) is 10.7 Å². The summed E-state index contributed by atoms with van der Waals surface area (Å²) in [4.78, 5) is 13.7. The van der Waals surface area contributed by atoms with Gasteiger partial charge in [-0.3, -0.25) is 4.90 Å². The number of carbonyl (C=O) groups is 1. The van der Waals surface area contributed by atoms with Crippen molar-refractivity contribution in [3.63, 3.8) is 0 Å². The SMILES string of the molecule is C=C(C)[O-].CC#CCc1cc(N2C(=O)N(C)C(O)C2O)on1. The molecule has 0 aromatic carbocycles. The fourth-order valence-corrected chi connectivity index (χ4v) is 1.63. The summed E-state index contributed by atoms with van der Waals surface area (Å²) in [6.07, 6.45) is -2.27. The molecule has 2 unspecified atom stereocenters. The number of rotatable bonds is 2. The van der Waals surface area contributed by atoms with Crippen molar-refractivity contribution < 1.29 is 24.6 Å². The number of aliphatic hydroxyl groups is 2. The average molecular weight is 308 g/mol. The third-order valence-corrected chi connectivity index (χ3v) is 2.67. The van der Waals surface area contributed by atoms with E-state index in [4.69, 9.17) is 4.52 Å². The van der Waals surface area contributed by atoms with E-state index in [0.717, 1.165) is 9.80 Å². The smallest absolute Gasteiger partial charge is 0.331 e. The molecule has 0 aliphatic carbocycles. The Morgan fingerprint density at radius 1 is 1.55 bits per heavy atom. The number of likely N-dealkylation sites (N-methyl/N-ethyl adjacent to an activating group) is 1. The number of amides is 2. The predicted molar refractivity (Wildman–Crippen MR) is 76.1 cm³/mol. The number of allylic oxidation sites excluding steroid dienone is 1. The van der Waals surface area contributed by atoms with Crippen LogP contribution in [0, 0.1) is 11.8 Å². The third kappa shape index (κ3) is 4.00. The minimum Gasteiger partial charge on any atom is -0.876 e. The van der Waals surface area contributed by atoms with Gasteiger partial charge in [-0.05, 0) is 6.92 Å². The van der Waals surface area contributed by atoms with Crippen molar-refractivity contribution in [2.24, 2.45) is 0 Å². The van der Waals surface area contributed by atoms with E-state index in [0.29, 0.717) is 12.1 Å². The molecule has 22 heavy (non-hydrogen) atoms. The predicted octanol–water partition coefficient (Wildman–Crippen LogP) is -0.371. The Kier molecular flexibility index (Phi) is 5.98. The lowest BCUT2D eigenvalue weighted by molar-refractivity contribution is -0.300. The summed E-state index contributed by atoms with van der Waals surface area (Å²) in [5, 5.41) is 32.3. The van der Waals surface area contributed by atoms with Crippen molar-refractivity contribution in [2.45, 2.75) is 32.7 Å². The molecule has 1 saturated heterocycles. The average Bonchev–Trinajstić information content (AvgIpc) is 2.97. The fraction of sp³-hybridized carbons (Fsp3) is 0.429. The molecule has 1 fully saturated rings. The molecule has 0 radical (unpaired) electrons. The largest absolute Gasteiger partial charge is 0.876 e. The van der Waals surface area contributed by atoms with E-state index in [9.17, 15) is 20.1 Å². The molecule has 1 aromatic rings. The normalized spacial score (nSPS) is 20.1. The summed E-state index contributed by atoms with van der Waals surface area (Å²) >= 11 is 0. The van der Waals surface area contributed by atoms with Crippen LogP contribution < -0.4 is 10.0 Å². The van der Waals surface area contributed by atoms with Gasteiger partial charge in [-0.1, -0.05) is 18.0 Å². The maximum atomic E-state index is 11.8. The molecule has 8 heteroatoms. The second kappa shape index (κ2) is 7.49. The number of aliphatic hydroxyl groups excluding tert-OH is 2. The third-order valence-electron chi connectivity index (χ3n) is 2.67. The first kappa shape index (κ1) is 17.6. The van der Waals surface area contributed by atoms with Gasteiger partial charge in [-0.2, -0.15) is 0 Å². The highest BCUT2D eigenvalue weighted by molar-refractivity contribution is 5.93. The molecule has 120 valence electrons. The van der Waals surface area contributed by atoms with Gasteiger partial charge in [-0.25, -0.2) is 9.69 Å². The van der Waals surface area contributed by atoms with Crippen LogP contribution in [0.1, 0.15) is 19.5 Å². The first-order valence-electron chi connectivity index (χ1n) is 6.39. The van der Waals surface area contributed by atoms with Gasteiger partial charge in [0.1, 0.15) is 0 Å². The summed E-state index contributed by atoms with van der Waals surface area (Å²) in [5.74, 6) is 5.53. The zero-order valence-corrected chi connectivity index (χ0v) is 12.6. The molecule has 2 atom stereocenters. The maximum absolute atomic E-state index is 11.8. The van der Waals surface area contributed by atoms with E-state index in [1.807, 2.05) is 0 Å². The quantitative estimate of drug-likeness (QED) is 0.569. The molecule has 0 spiro atoms. The summed E-state index contributed by atoms with van der Waals surface area (Å²) < 4.78 is 4.97. The Balaban J connectivity index is 0.000000541. The summed E-state index contributed by atoms with van der Waals surface area (Å²) in [6, 6.07) is 0.955. The van der Waals surface area contributed by atoms with Crippen LogP contribution in [0.2, 0.25) is 0 Å². The number of carbonyl (C=O) groups excluding carboxylic acids is 1. The molecule has 2 rings (SSSR count). The van der Waals surface area contributed by atoms with Crippen LogP contribution >= 0.6 is 0 Å². The van der Waals surface area contributed by atoms with Crippen LogP contribution in [0.5, 0.6) is 0 Å². The Labute approximate surface area is 128 Å². The van der Waals surface area contributed by atoms with Crippen molar-refractivity contribution in [3.05, 3.63) is 24.1 Å². The van der Waals surface area contributed by atoms with E-state index in [1.165, 1.54) is 20.0 Å². The molecule has 0 saturated carbocycles. The number of aromatic nitrogens is 1. The van der Waals surface area contributed by atoms with Gasteiger partial charge >= 0.3 is 6.03 Å². The Bertz CT molecular complexity index is 597. The number of hydrogen-bond acceptors (Lipinski definition) is 6. The molecule has 2 amide bonds. The summed E-state index contributed by atoms with van der Waals surface area (Å²) in [5.41, 5.74) is 0.559. The fourth-order valence-electron chi connectivity index (χ4n) is 1.63. The zero-order chi connectivity index (χ0) is 16.9. The van der Waals surface area contributed by atoms with Crippen molar-refractivity contribution in [1.29, 1.82) is 0 Å².